The number of hydrogen-bond donors (Lipinski definition) is 1. The van der Waals surface area contributed by atoms with E-state index in [1.165, 1.54) is 4.31 Å². The molecule has 1 amide bonds. The molecule has 0 aliphatic carbocycles. The molecule has 27 heavy (non-hydrogen) atoms. The molecule has 146 valence electrons. The summed E-state index contributed by atoms with van der Waals surface area (Å²) in [5, 5.41) is 2.84. The maximum atomic E-state index is 13.3. The van der Waals surface area contributed by atoms with Crippen molar-refractivity contribution in [1.29, 1.82) is 0 Å². The fourth-order valence-corrected chi connectivity index (χ4v) is 4.00. The van der Waals surface area contributed by atoms with Crippen LogP contribution < -0.4 is 9.62 Å². The highest BCUT2D eigenvalue weighted by Gasteiger charge is 2.27. The molecule has 1 atom stereocenters. The van der Waals surface area contributed by atoms with Crippen molar-refractivity contribution < 1.29 is 13.2 Å². The molecule has 0 spiro atoms. The summed E-state index contributed by atoms with van der Waals surface area (Å²) in [5.41, 5.74) is 3.49. The normalized spacial score (nSPS) is 12.5. The van der Waals surface area contributed by atoms with Crippen LogP contribution in [-0.4, -0.2) is 26.9 Å². The number of nitrogens with one attached hydrogen (secondary N) is 1. The summed E-state index contributed by atoms with van der Waals surface area (Å²) in [6.45, 7) is 9.39. The van der Waals surface area contributed by atoms with E-state index in [4.69, 9.17) is 0 Å². The van der Waals surface area contributed by atoms with Crippen LogP contribution in [0.3, 0.4) is 0 Å². The molecule has 2 aromatic rings. The van der Waals surface area contributed by atoms with E-state index in [2.05, 4.69) is 5.32 Å². The second-order valence-corrected chi connectivity index (χ2v) is 8.83. The lowest BCUT2D eigenvalue weighted by molar-refractivity contribution is -0.120. The third-order valence-electron chi connectivity index (χ3n) is 4.69. The number of sulfonamides is 1. The summed E-state index contributed by atoms with van der Waals surface area (Å²) in [4.78, 5) is 12.6. The molecule has 2 aromatic carbocycles. The predicted molar refractivity (Wildman–Crippen MR) is 110 cm³/mol. The number of rotatable bonds is 7. The molecule has 5 nitrogen and oxygen atoms in total. The molecule has 0 heterocycles. The van der Waals surface area contributed by atoms with Crippen molar-refractivity contribution in [3.05, 3.63) is 59.2 Å². The number of nitrogens with zero attached hydrogens (tertiary/aromatic N) is 1. The van der Waals surface area contributed by atoms with Crippen molar-refractivity contribution in [1.82, 2.24) is 5.32 Å². The molecule has 2 rings (SSSR count). The van der Waals surface area contributed by atoms with Gasteiger partial charge in [-0.15, -0.1) is 0 Å². The van der Waals surface area contributed by atoms with Gasteiger partial charge >= 0.3 is 0 Å². The molecular weight excluding hydrogens is 360 g/mol. The first-order valence-corrected chi connectivity index (χ1v) is 10.5. The molecule has 0 saturated heterocycles. The van der Waals surface area contributed by atoms with Crippen LogP contribution in [0.2, 0.25) is 0 Å². The van der Waals surface area contributed by atoms with Crippen molar-refractivity contribution in [3.63, 3.8) is 0 Å². The highest BCUT2D eigenvalue weighted by Crippen LogP contribution is 2.26. The molecule has 0 bridgehead atoms. The smallest absolute Gasteiger partial charge is 0.264 e. The molecule has 0 aliphatic rings. The third-order valence-corrected chi connectivity index (χ3v) is 6.48. The van der Waals surface area contributed by atoms with Gasteiger partial charge < -0.3 is 5.32 Å². The average molecular weight is 389 g/mol. The van der Waals surface area contributed by atoms with Gasteiger partial charge in [0.25, 0.3) is 10.0 Å². The minimum atomic E-state index is -3.87. The van der Waals surface area contributed by atoms with Crippen molar-refractivity contribution in [2.45, 2.75) is 52.0 Å². The number of carbonyl (C=O) groups is 1. The molecule has 0 radical (unpaired) electrons. The zero-order valence-electron chi connectivity index (χ0n) is 16.6. The molecule has 0 unspecified atom stereocenters. The summed E-state index contributed by atoms with van der Waals surface area (Å²) < 4.78 is 27.7. The second kappa shape index (κ2) is 8.57. The van der Waals surface area contributed by atoms with Gasteiger partial charge in [0.2, 0.25) is 5.91 Å². The highest BCUT2D eigenvalue weighted by atomic mass is 32.2. The quantitative estimate of drug-likeness (QED) is 0.786. The van der Waals surface area contributed by atoms with Crippen LogP contribution in [-0.2, 0) is 14.8 Å². The minimum absolute atomic E-state index is 0.0128. The minimum Gasteiger partial charge on any atom is -0.352 e. The first-order chi connectivity index (χ1) is 12.6. The van der Waals surface area contributed by atoms with Crippen molar-refractivity contribution in [3.8, 4) is 0 Å². The first-order valence-electron chi connectivity index (χ1n) is 9.11. The lowest BCUT2D eigenvalue weighted by Gasteiger charge is -2.25. The Balaban J connectivity index is 2.46. The first kappa shape index (κ1) is 21.0. The van der Waals surface area contributed by atoms with E-state index in [1.54, 1.807) is 36.4 Å². The van der Waals surface area contributed by atoms with E-state index in [1.807, 2.05) is 40.7 Å². The van der Waals surface area contributed by atoms with Gasteiger partial charge in [0.1, 0.15) is 6.54 Å². The fraction of sp³-hybridized carbons (Fsp3) is 0.381. The Morgan fingerprint density at radius 2 is 1.67 bits per heavy atom. The van der Waals surface area contributed by atoms with E-state index < -0.39 is 10.0 Å². The van der Waals surface area contributed by atoms with E-state index in [9.17, 15) is 13.2 Å². The topological polar surface area (TPSA) is 66.5 Å². The maximum absolute atomic E-state index is 13.3. The number of carbonyl (C=O) groups excluding carboxylic acids is 1. The Labute approximate surface area is 162 Å². The molecule has 0 aliphatic heterocycles. The molecular formula is C21H28N2O3S. The number of hydrogen-bond acceptors (Lipinski definition) is 3. The Morgan fingerprint density at radius 1 is 1.04 bits per heavy atom. The van der Waals surface area contributed by atoms with Gasteiger partial charge in [-0.1, -0.05) is 30.7 Å². The maximum Gasteiger partial charge on any atom is 0.264 e. The summed E-state index contributed by atoms with van der Waals surface area (Å²) in [6, 6.07) is 12.1. The highest BCUT2D eigenvalue weighted by molar-refractivity contribution is 7.92. The van der Waals surface area contributed by atoms with Gasteiger partial charge in [-0.2, -0.15) is 0 Å². The predicted octanol–water partition coefficient (Wildman–Crippen LogP) is 3.72. The lowest BCUT2D eigenvalue weighted by Crippen LogP contribution is -2.43. The van der Waals surface area contributed by atoms with Gasteiger partial charge in [0, 0.05) is 6.04 Å². The van der Waals surface area contributed by atoms with E-state index in [0.29, 0.717) is 5.69 Å². The van der Waals surface area contributed by atoms with E-state index in [-0.39, 0.29) is 23.4 Å². The van der Waals surface area contributed by atoms with Crippen molar-refractivity contribution in [2.75, 3.05) is 10.8 Å². The van der Waals surface area contributed by atoms with E-state index >= 15 is 0 Å². The van der Waals surface area contributed by atoms with Gasteiger partial charge in [-0.3, -0.25) is 9.10 Å². The molecule has 6 heteroatoms. The van der Waals surface area contributed by atoms with Crippen LogP contribution in [0.5, 0.6) is 0 Å². The Morgan fingerprint density at radius 3 is 2.22 bits per heavy atom. The zero-order chi connectivity index (χ0) is 20.2. The van der Waals surface area contributed by atoms with Crippen LogP contribution >= 0.6 is 0 Å². The van der Waals surface area contributed by atoms with Crippen LogP contribution in [0, 0.1) is 20.8 Å². The summed E-state index contributed by atoms with van der Waals surface area (Å²) in [6.07, 6.45) is 0.778. The monoisotopic (exact) mass is 388 g/mol. The molecule has 0 saturated carbocycles. The Bertz CT molecular complexity index is 906. The van der Waals surface area contributed by atoms with Gasteiger partial charge in [-0.25, -0.2) is 8.42 Å². The lowest BCUT2D eigenvalue weighted by atomic mass is 10.1. The van der Waals surface area contributed by atoms with Crippen LogP contribution in [0.1, 0.15) is 37.0 Å². The average Bonchev–Trinajstić information content (AvgIpc) is 2.62. The number of anilines is 1. The summed E-state index contributed by atoms with van der Waals surface area (Å²) >= 11 is 0. The van der Waals surface area contributed by atoms with Crippen molar-refractivity contribution >= 4 is 21.6 Å². The fourth-order valence-electron chi connectivity index (χ4n) is 2.59. The van der Waals surface area contributed by atoms with Gasteiger partial charge in [0.05, 0.1) is 10.6 Å². The SMILES string of the molecule is CC[C@H](C)NC(=O)CN(c1ccc(C)c(C)c1)S(=O)(=O)c1ccc(C)cc1. The van der Waals surface area contributed by atoms with Crippen molar-refractivity contribution in [2.24, 2.45) is 0 Å². The van der Waals surface area contributed by atoms with Crippen LogP contribution in [0.4, 0.5) is 5.69 Å². The third kappa shape index (κ3) is 5.10. The number of benzene rings is 2. The van der Waals surface area contributed by atoms with Crippen LogP contribution in [0.15, 0.2) is 47.4 Å². The summed E-state index contributed by atoms with van der Waals surface area (Å²) in [5.74, 6) is -0.321. The summed E-state index contributed by atoms with van der Waals surface area (Å²) in [7, 11) is -3.87. The Kier molecular flexibility index (Phi) is 6.65. The largest absolute Gasteiger partial charge is 0.352 e. The number of aryl methyl sites for hydroxylation is 3. The standard InChI is InChI=1S/C21H28N2O3S/c1-6-18(5)22-21(24)14-23(19-10-9-16(3)17(4)13-19)27(25,26)20-11-7-15(2)8-12-20/h7-13,18H,6,14H2,1-5H3,(H,22,24)/t18-/m0/s1. The molecule has 0 fully saturated rings. The zero-order valence-corrected chi connectivity index (χ0v) is 17.4. The van der Waals surface area contributed by atoms with Gasteiger partial charge in [0.15, 0.2) is 0 Å². The van der Waals surface area contributed by atoms with Crippen LogP contribution in [0.25, 0.3) is 0 Å². The molecule has 0 aromatic heterocycles. The Hall–Kier alpha value is -2.34. The second-order valence-electron chi connectivity index (χ2n) is 6.97. The molecule has 1 N–H and O–H groups in total. The number of amides is 1. The van der Waals surface area contributed by atoms with E-state index in [0.717, 1.165) is 23.1 Å². The van der Waals surface area contributed by atoms with Gasteiger partial charge in [-0.05, 0) is 69.5 Å².